The van der Waals surface area contributed by atoms with Crippen LogP contribution < -0.4 is 10.6 Å². The van der Waals surface area contributed by atoms with Gasteiger partial charge in [-0.25, -0.2) is 8.42 Å². The molecule has 0 aliphatic carbocycles. The molecule has 0 saturated carbocycles. The van der Waals surface area contributed by atoms with Crippen LogP contribution >= 0.6 is 0 Å². The van der Waals surface area contributed by atoms with E-state index in [9.17, 15) is 18.3 Å². The van der Waals surface area contributed by atoms with E-state index in [0.717, 1.165) is 6.42 Å². The smallest absolute Gasteiger partial charge is 0.220 e. The predicted molar refractivity (Wildman–Crippen MR) is 57.6 cm³/mol. The third kappa shape index (κ3) is 2.72. The first-order valence-electron chi connectivity index (χ1n) is 5.37. The lowest BCUT2D eigenvalue weighted by atomic mass is 10.2. The normalized spacial score (nSPS) is 37.6. The van der Waals surface area contributed by atoms with E-state index in [4.69, 9.17) is 0 Å². The lowest BCUT2D eigenvalue weighted by Crippen LogP contribution is -2.45. The van der Waals surface area contributed by atoms with E-state index in [1.54, 1.807) is 0 Å². The van der Waals surface area contributed by atoms with Gasteiger partial charge in [0.05, 0.1) is 17.6 Å². The minimum atomic E-state index is -3.10. The fourth-order valence-electron chi connectivity index (χ4n) is 2.15. The largest absolute Gasteiger partial charge is 0.390 e. The molecule has 7 heteroatoms. The van der Waals surface area contributed by atoms with Crippen molar-refractivity contribution in [3.8, 4) is 0 Å². The lowest BCUT2D eigenvalue weighted by molar-refractivity contribution is -0.119. The van der Waals surface area contributed by atoms with E-state index in [1.165, 1.54) is 0 Å². The Morgan fingerprint density at radius 1 is 1.44 bits per heavy atom. The molecule has 2 aliphatic heterocycles. The molecule has 3 atom stereocenters. The maximum Gasteiger partial charge on any atom is 0.220 e. The Morgan fingerprint density at radius 2 is 2.19 bits per heavy atom. The first-order valence-corrected chi connectivity index (χ1v) is 7.20. The summed E-state index contributed by atoms with van der Waals surface area (Å²) in [6, 6.07) is -0.342. The highest BCUT2D eigenvalue weighted by Gasteiger charge is 2.36. The Bertz CT molecular complexity index is 381. The van der Waals surface area contributed by atoms with Gasteiger partial charge in [-0.2, -0.15) is 0 Å². The highest BCUT2D eigenvalue weighted by molar-refractivity contribution is 7.91. The molecule has 0 aromatic rings. The second-order valence-corrected chi connectivity index (χ2v) is 6.62. The summed E-state index contributed by atoms with van der Waals surface area (Å²) in [5.41, 5.74) is 0. The average molecular weight is 248 g/mol. The molecule has 1 amide bonds. The summed E-state index contributed by atoms with van der Waals surface area (Å²) >= 11 is 0. The molecule has 2 fully saturated rings. The Morgan fingerprint density at radius 3 is 2.69 bits per heavy atom. The molecule has 0 aromatic carbocycles. The minimum absolute atomic E-state index is 0.0190. The fraction of sp³-hybridized carbons (Fsp3) is 0.889. The molecule has 92 valence electrons. The van der Waals surface area contributed by atoms with Crippen molar-refractivity contribution >= 4 is 15.7 Å². The van der Waals surface area contributed by atoms with Crippen LogP contribution in [0.4, 0.5) is 0 Å². The summed E-state index contributed by atoms with van der Waals surface area (Å²) in [5.74, 6) is -0.150. The number of sulfone groups is 1. The molecule has 2 saturated heterocycles. The van der Waals surface area contributed by atoms with E-state index in [1.807, 2.05) is 0 Å². The van der Waals surface area contributed by atoms with Crippen molar-refractivity contribution < 1.29 is 18.3 Å². The van der Waals surface area contributed by atoms with Crippen LogP contribution in [0.2, 0.25) is 0 Å². The van der Waals surface area contributed by atoms with Crippen molar-refractivity contribution in [3.63, 3.8) is 0 Å². The maximum absolute atomic E-state index is 11.2. The summed E-state index contributed by atoms with van der Waals surface area (Å²) in [7, 11) is -3.10. The second-order valence-electron chi connectivity index (χ2n) is 4.46. The number of hydrogen-bond donors (Lipinski definition) is 3. The van der Waals surface area contributed by atoms with Crippen molar-refractivity contribution in [3.05, 3.63) is 0 Å². The average Bonchev–Trinajstić information content (AvgIpc) is 2.67. The molecule has 0 aromatic heterocycles. The minimum Gasteiger partial charge on any atom is -0.390 e. The first-order chi connectivity index (χ1) is 7.46. The second kappa shape index (κ2) is 4.31. The SMILES string of the molecule is O=C1CCC(CNC2CS(=O)(=O)CC2O)N1. The van der Waals surface area contributed by atoms with Gasteiger partial charge >= 0.3 is 0 Å². The van der Waals surface area contributed by atoms with Crippen molar-refractivity contribution in [1.82, 2.24) is 10.6 Å². The van der Waals surface area contributed by atoms with Gasteiger partial charge in [0, 0.05) is 25.0 Å². The van der Waals surface area contributed by atoms with Crippen LogP contribution in [0.15, 0.2) is 0 Å². The molecule has 0 spiro atoms. The van der Waals surface area contributed by atoms with Crippen LogP contribution in [-0.2, 0) is 14.6 Å². The van der Waals surface area contributed by atoms with E-state index in [2.05, 4.69) is 10.6 Å². The van der Waals surface area contributed by atoms with Crippen LogP contribution in [0.25, 0.3) is 0 Å². The third-order valence-corrected chi connectivity index (χ3v) is 4.75. The molecule has 16 heavy (non-hydrogen) atoms. The van der Waals surface area contributed by atoms with Crippen molar-refractivity contribution in [2.45, 2.75) is 31.0 Å². The van der Waals surface area contributed by atoms with Crippen LogP contribution in [0, 0.1) is 0 Å². The number of carbonyl (C=O) groups is 1. The zero-order chi connectivity index (χ0) is 11.8. The Hall–Kier alpha value is -0.660. The Kier molecular flexibility index (Phi) is 3.18. The zero-order valence-corrected chi connectivity index (χ0v) is 9.66. The summed E-state index contributed by atoms with van der Waals surface area (Å²) in [5, 5.41) is 15.3. The van der Waals surface area contributed by atoms with E-state index < -0.39 is 22.0 Å². The Balaban J connectivity index is 1.80. The molecule has 0 radical (unpaired) electrons. The number of hydrogen-bond acceptors (Lipinski definition) is 5. The number of carbonyl (C=O) groups excluding carboxylic acids is 1. The number of aliphatic hydroxyl groups is 1. The molecule has 2 heterocycles. The van der Waals surface area contributed by atoms with Gasteiger partial charge in [-0.05, 0) is 6.42 Å². The molecular formula is C9H16N2O4S. The third-order valence-electron chi connectivity index (χ3n) is 3.03. The van der Waals surface area contributed by atoms with Gasteiger partial charge in [-0.1, -0.05) is 0 Å². The number of amides is 1. The zero-order valence-electron chi connectivity index (χ0n) is 8.85. The molecule has 2 aliphatic rings. The van der Waals surface area contributed by atoms with Crippen LogP contribution in [0.5, 0.6) is 0 Å². The highest BCUT2D eigenvalue weighted by Crippen LogP contribution is 2.13. The quantitative estimate of drug-likeness (QED) is 0.537. The molecule has 3 unspecified atom stereocenters. The van der Waals surface area contributed by atoms with Gasteiger partial charge in [0.25, 0.3) is 0 Å². The molecule has 2 rings (SSSR count). The summed E-state index contributed by atoms with van der Waals surface area (Å²) in [4.78, 5) is 10.9. The number of rotatable bonds is 3. The van der Waals surface area contributed by atoms with Gasteiger partial charge in [0.1, 0.15) is 0 Å². The molecule has 0 bridgehead atoms. The maximum atomic E-state index is 11.2. The Labute approximate surface area is 94.3 Å². The fourth-order valence-corrected chi connectivity index (χ4v) is 3.92. The van der Waals surface area contributed by atoms with Crippen molar-refractivity contribution in [2.24, 2.45) is 0 Å². The molecule has 6 nitrogen and oxygen atoms in total. The van der Waals surface area contributed by atoms with Gasteiger partial charge in [0.15, 0.2) is 9.84 Å². The summed E-state index contributed by atoms with van der Waals surface area (Å²) < 4.78 is 22.5. The van der Waals surface area contributed by atoms with Gasteiger partial charge in [-0.3, -0.25) is 4.79 Å². The van der Waals surface area contributed by atoms with Crippen LogP contribution in [-0.4, -0.2) is 55.7 Å². The van der Waals surface area contributed by atoms with E-state index in [0.29, 0.717) is 13.0 Å². The van der Waals surface area contributed by atoms with Crippen LogP contribution in [0.3, 0.4) is 0 Å². The molecular weight excluding hydrogens is 232 g/mol. The first kappa shape index (κ1) is 11.8. The molecule has 3 N–H and O–H groups in total. The standard InChI is InChI=1S/C9H16N2O4S/c12-8-5-16(14,15)4-7(8)10-3-6-1-2-9(13)11-6/h6-8,10,12H,1-5H2,(H,11,13). The van der Waals surface area contributed by atoms with Crippen molar-refractivity contribution in [2.75, 3.05) is 18.1 Å². The van der Waals surface area contributed by atoms with Gasteiger partial charge < -0.3 is 15.7 Å². The number of aliphatic hydroxyl groups excluding tert-OH is 1. The lowest BCUT2D eigenvalue weighted by Gasteiger charge is -2.17. The van der Waals surface area contributed by atoms with E-state index in [-0.39, 0.29) is 23.5 Å². The topological polar surface area (TPSA) is 95.5 Å². The van der Waals surface area contributed by atoms with Crippen molar-refractivity contribution in [1.29, 1.82) is 0 Å². The van der Waals surface area contributed by atoms with Gasteiger partial charge in [0.2, 0.25) is 5.91 Å². The number of nitrogens with one attached hydrogen (secondary N) is 2. The highest BCUT2D eigenvalue weighted by atomic mass is 32.2. The summed E-state index contributed by atoms with van der Waals surface area (Å²) in [6.07, 6.45) is 0.460. The van der Waals surface area contributed by atoms with E-state index >= 15 is 0 Å². The predicted octanol–water partition coefficient (Wildman–Crippen LogP) is -1.99. The summed E-state index contributed by atoms with van der Waals surface area (Å²) in [6.45, 7) is 0.517. The van der Waals surface area contributed by atoms with Crippen LogP contribution in [0.1, 0.15) is 12.8 Å². The van der Waals surface area contributed by atoms with Gasteiger partial charge in [-0.15, -0.1) is 0 Å². The monoisotopic (exact) mass is 248 g/mol.